The molecule has 1 aromatic heterocycles. The van der Waals surface area contributed by atoms with Crippen molar-refractivity contribution in [2.45, 2.75) is 26.7 Å². The van der Waals surface area contributed by atoms with Gasteiger partial charge in [-0.2, -0.15) is 4.98 Å². The summed E-state index contributed by atoms with van der Waals surface area (Å²) in [4.78, 5) is 15.9. The number of para-hydroxylation sites is 1. The van der Waals surface area contributed by atoms with Crippen molar-refractivity contribution in [3.8, 4) is 6.08 Å². The summed E-state index contributed by atoms with van der Waals surface area (Å²) in [5.74, 6) is 0.425. The minimum atomic E-state index is -0.404. The molecule has 4 nitrogen and oxygen atoms in total. The zero-order chi connectivity index (χ0) is 13.0. The fraction of sp³-hybridized carbons (Fsp3) is 0.429. The molecule has 0 radical (unpaired) electrons. The summed E-state index contributed by atoms with van der Waals surface area (Å²) in [7, 11) is 0. The number of fused-ring (bicyclic) bond motifs is 1. The summed E-state index contributed by atoms with van der Waals surface area (Å²) in [6.07, 6.45) is 2.25. The fourth-order valence-corrected chi connectivity index (χ4v) is 1.85. The summed E-state index contributed by atoms with van der Waals surface area (Å²) >= 11 is 0. The lowest BCUT2D eigenvalue weighted by atomic mass is 10.1. The molecule has 2 rings (SSSR count). The van der Waals surface area contributed by atoms with E-state index in [1.165, 1.54) is 0 Å². The van der Waals surface area contributed by atoms with Crippen LogP contribution in [0, 0.1) is 5.92 Å². The first kappa shape index (κ1) is 12.6. The van der Waals surface area contributed by atoms with Crippen molar-refractivity contribution in [3.63, 3.8) is 0 Å². The Hall–Kier alpha value is -1.84. The molecule has 4 heteroatoms. The molecule has 0 N–H and O–H groups in total. The quantitative estimate of drug-likeness (QED) is 0.815. The van der Waals surface area contributed by atoms with Gasteiger partial charge in [0.25, 0.3) is 0 Å². The van der Waals surface area contributed by atoms with E-state index in [0.717, 1.165) is 12.8 Å². The van der Waals surface area contributed by atoms with E-state index in [2.05, 4.69) is 18.8 Å². The van der Waals surface area contributed by atoms with Gasteiger partial charge in [-0.05, 0) is 24.5 Å². The summed E-state index contributed by atoms with van der Waals surface area (Å²) in [6, 6.07) is 7.08. The van der Waals surface area contributed by atoms with E-state index in [1.54, 1.807) is 18.2 Å². The number of rotatable bonds is 5. The molecule has 2 aromatic rings. The zero-order valence-corrected chi connectivity index (χ0v) is 10.7. The average molecular weight is 247 g/mol. The molecule has 1 atom stereocenters. The molecule has 96 valence electrons. The van der Waals surface area contributed by atoms with Crippen molar-refractivity contribution in [2.75, 3.05) is 6.61 Å². The molecule has 0 bridgehead atoms. The van der Waals surface area contributed by atoms with E-state index in [9.17, 15) is 4.79 Å². The topological polar surface area (TPSA) is 52.3 Å². The Morgan fingerprint density at radius 1 is 1.39 bits per heavy atom. The van der Waals surface area contributed by atoms with E-state index in [-0.39, 0.29) is 6.08 Å². The summed E-state index contributed by atoms with van der Waals surface area (Å²) in [5, 5.41) is 0.478. The van der Waals surface area contributed by atoms with Gasteiger partial charge in [0.05, 0.1) is 17.5 Å². The molecule has 0 aliphatic heterocycles. The molecule has 18 heavy (non-hydrogen) atoms. The molecule has 0 aliphatic carbocycles. The van der Waals surface area contributed by atoms with E-state index in [0.29, 0.717) is 23.4 Å². The lowest BCUT2D eigenvalue weighted by Gasteiger charge is -2.10. The number of hydrogen-bond donors (Lipinski definition) is 0. The van der Waals surface area contributed by atoms with Gasteiger partial charge in [-0.3, -0.25) is 0 Å². The van der Waals surface area contributed by atoms with Crippen LogP contribution >= 0.6 is 0 Å². The highest BCUT2D eigenvalue weighted by molar-refractivity contribution is 5.76. The third kappa shape index (κ3) is 2.88. The average Bonchev–Trinajstić information content (AvgIpc) is 2.37. The molecule has 0 saturated heterocycles. The summed E-state index contributed by atoms with van der Waals surface area (Å²) < 4.78 is 10.5. The Morgan fingerprint density at radius 2 is 2.17 bits per heavy atom. The molecule has 0 saturated carbocycles. The molecular weight excluding hydrogens is 230 g/mol. The maximum absolute atomic E-state index is 11.7. The van der Waals surface area contributed by atoms with Gasteiger partial charge in [-0.1, -0.05) is 32.4 Å². The Morgan fingerprint density at radius 3 is 2.94 bits per heavy atom. The number of ether oxygens (including phenoxy) is 1. The largest absolute Gasteiger partial charge is 0.450 e. The maximum Gasteiger partial charge on any atom is 0.397 e. The van der Waals surface area contributed by atoms with E-state index < -0.39 is 5.63 Å². The van der Waals surface area contributed by atoms with E-state index >= 15 is 0 Å². The first-order valence-electron chi connectivity index (χ1n) is 6.23. The Bertz CT molecular complexity index is 577. The standard InChI is InChI=1S/C14H17NO3/c1-3-6-10(2)9-17-14-15-12-8-5-4-7-11(12)13(16)18-14/h4-5,7-8,10H,3,6,9H2,1-2H3. The second-order valence-electron chi connectivity index (χ2n) is 4.49. The normalized spacial score (nSPS) is 12.6. The van der Waals surface area contributed by atoms with E-state index in [4.69, 9.17) is 9.15 Å². The predicted molar refractivity (Wildman–Crippen MR) is 69.8 cm³/mol. The van der Waals surface area contributed by atoms with Crippen molar-refractivity contribution < 1.29 is 9.15 Å². The second-order valence-corrected chi connectivity index (χ2v) is 4.49. The Labute approximate surface area is 106 Å². The Kier molecular flexibility index (Phi) is 3.97. The summed E-state index contributed by atoms with van der Waals surface area (Å²) in [6.45, 7) is 4.75. The molecule has 1 unspecified atom stereocenters. The van der Waals surface area contributed by atoms with Gasteiger partial charge in [-0.25, -0.2) is 4.79 Å². The lowest BCUT2D eigenvalue weighted by Crippen LogP contribution is -2.11. The smallest absolute Gasteiger partial charge is 0.397 e. The first-order chi connectivity index (χ1) is 8.70. The van der Waals surface area contributed by atoms with Crippen molar-refractivity contribution >= 4 is 10.9 Å². The van der Waals surface area contributed by atoms with Crippen LogP contribution in [0.5, 0.6) is 6.08 Å². The van der Waals surface area contributed by atoms with Gasteiger partial charge in [0.15, 0.2) is 0 Å². The highest BCUT2D eigenvalue weighted by Crippen LogP contribution is 2.13. The highest BCUT2D eigenvalue weighted by atomic mass is 16.6. The van der Waals surface area contributed by atoms with Crippen LogP contribution < -0.4 is 10.4 Å². The van der Waals surface area contributed by atoms with E-state index in [1.807, 2.05) is 6.07 Å². The van der Waals surface area contributed by atoms with Crippen LogP contribution in [-0.2, 0) is 0 Å². The maximum atomic E-state index is 11.7. The minimum absolute atomic E-state index is 0.0571. The molecule has 1 heterocycles. The minimum Gasteiger partial charge on any atom is -0.450 e. The van der Waals surface area contributed by atoms with Crippen LogP contribution in [-0.4, -0.2) is 11.6 Å². The van der Waals surface area contributed by atoms with Gasteiger partial charge in [0, 0.05) is 0 Å². The van der Waals surface area contributed by atoms with Gasteiger partial charge >= 0.3 is 11.7 Å². The number of nitrogens with zero attached hydrogens (tertiary/aromatic N) is 1. The van der Waals surface area contributed by atoms with Crippen LogP contribution in [0.4, 0.5) is 0 Å². The first-order valence-corrected chi connectivity index (χ1v) is 6.23. The van der Waals surface area contributed by atoms with Crippen molar-refractivity contribution in [2.24, 2.45) is 5.92 Å². The van der Waals surface area contributed by atoms with Gasteiger partial charge < -0.3 is 9.15 Å². The highest BCUT2D eigenvalue weighted by Gasteiger charge is 2.08. The second kappa shape index (κ2) is 5.67. The van der Waals surface area contributed by atoms with Gasteiger partial charge in [0.2, 0.25) is 0 Å². The van der Waals surface area contributed by atoms with Crippen LogP contribution in [0.25, 0.3) is 10.9 Å². The molecule has 0 fully saturated rings. The van der Waals surface area contributed by atoms with Crippen LogP contribution in [0.15, 0.2) is 33.5 Å². The van der Waals surface area contributed by atoms with Gasteiger partial charge in [0.1, 0.15) is 0 Å². The SMILES string of the molecule is CCCC(C)COc1nc2ccccc2c(=O)o1. The third-order valence-electron chi connectivity index (χ3n) is 2.79. The lowest BCUT2D eigenvalue weighted by molar-refractivity contribution is 0.181. The van der Waals surface area contributed by atoms with Crippen molar-refractivity contribution in [1.29, 1.82) is 0 Å². The monoisotopic (exact) mass is 247 g/mol. The van der Waals surface area contributed by atoms with Crippen molar-refractivity contribution in [3.05, 3.63) is 34.7 Å². The summed E-state index contributed by atoms with van der Waals surface area (Å²) in [5.41, 5.74) is 0.200. The number of benzene rings is 1. The molecule has 0 spiro atoms. The molecule has 1 aromatic carbocycles. The van der Waals surface area contributed by atoms with Crippen molar-refractivity contribution in [1.82, 2.24) is 4.98 Å². The molecule has 0 amide bonds. The number of hydrogen-bond acceptors (Lipinski definition) is 4. The van der Waals surface area contributed by atoms with Gasteiger partial charge in [-0.15, -0.1) is 0 Å². The van der Waals surface area contributed by atoms with Crippen LogP contribution in [0.3, 0.4) is 0 Å². The zero-order valence-electron chi connectivity index (χ0n) is 10.7. The predicted octanol–water partition coefficient (Wildman–Crippen LogP) is 3.00. The third-order valence-corrected chi connectivity index (χ3v) is 2.79. The fourth-order valence-electron chi connectivity index (χ4n) is 1.85. The van der Waals surface area contributed by atoms with Crippen LogP contribution in [0.1, 0.15) is 26.7 Å². The Balaban J connectivity index is 2.17. The number of aromatic nitrogens is 1. The van der Waals surface area contributed by atoms with Crippen LogP contribution in [0.2, 0.25) is 0 Å². The molecular formula is C14H17NO3. The molecule has 0 aliphatic rings.